The van der Waals surface area contributed by atoms with Gasteiger partial charge in [-0.1, -0.05) is 11.6 Å². The first kappa shape index (κ1) is 19.6. The van der Waals surface area contributed by atoms with Crippen LogP contribution < -0.4 is 4.74 Å². The zero-order valence-corrected chi connectivity index (χ0v) is 16.6. The normalized spacial score (nSPS) is 19.0. The van der Waals surface area contributed by atoms with E-state index in [1.165, 1.54) is 0 Å². The average Bonchev–Trinajstić information content (AvgIpc) is 2.60. The number of pyridine rings is 1. The number of amides is 1. The van der Waals surface area contributed by atoms with Crippen LogP contribution in [-0.2, 0) is 9.47 Å². The molecular formula is C18H23ClN4O4. The van der Waals surface area contributed by atoms with Crippen LogP contribution in [0.15, 0.2) is 18.5 Å². The number of carbonyl (C=O) groups is 1. The fourth-order valence-electron chi connectivity index (χ4n) is 2.70. The Hall–Kier alpha value is -2.19. The second kappa shape index (κ2) is 7.82. The predicted molar refractivity (Wildman–Crippen MR) is 100.0 cm³/mol. The molecule has 2 atom stereocenters. The lowest BCUT2D eigenvalue weighted by atomic mass is 10.2. The Morgan fingerprint density at radius 3 is 2.85 bits per heavy atom. The summed E-state index contributed by atoms with van der Waals surface area (Å²) in [7, 11) is 0. The highest BCUT2D eigenvalue weighted by Gasteiger charge is 2.32. The third-order valence-corrected chi connectivity index (χ3v) is 4.15. The van der Waals surface area contributed by atoms with Crippen LogP contribution in [0.1, 0.15) is 27.7 Å². The molecule has 9 heteroatoms. The number of fused-ring (bicyclic) bond motifs is 1. The van der Waals surface area contributed by atoms with E-state index < -0.39 is 5.60 Å². The van der Waals surface area contributed by atoms with Gasteiger partial charge in [0.15, 0.2) is 5.52 Å². The molecule has 1 aliphatic heterocycles. The van der Waals surface area contributed by atoms with E-state index in [4.69, 9.17) is 25.8 Å². The van der Waals surface area contributed by atoms with E-state index in [0.717, 1.165) is 0 Å². The van der Waals surface area contributed by atoms with Gasteiger partial charge in [-0.3, -0.25) is 4.98 Å². The van der Waals surface area contributed by atoms with E-state index in [0.29, 0.717) is 30.7 Å². The quantitative estimate of drug-likeness (QED) is 0.739. The van der Waals surface area contributed by atoms with Gasteiger partial charge in [0.25, 0.3) is 0 Å². The number of nitrogens with zero attached hydrogens (tertiary/aromatic N) is 4. The Morgan fingerprint density at radius 1 is 1.37 bits per heavy atom. The largest absolute Gasteiger partial charge is 0.470 e. The van der Waals surface area contributed by atoms with Gasteiger partial charge in [-0.15, -0.1) is 0 Å². The fourth-order valence-corrected chi connectivity index (χ4v) is 2.88. The number of ether oxygens (including phenoxy) is 3. The standard InChI is InChI=1S/C18H23ClN4O4/c1-11(13-10-23(7-8-25-13)17(24)27-18(2,3)4)26-16-15-12(9-14(19)22-16)20-5-6-21-15/h5-6,9,11,13H,7-8,10H2,1-4H3/t11-,13-/m0/s1. The third-order valence-electron chi connectivity index (χ3n) is 3.96. The molecule has 3 rings (SSSR count). The lowest BCUT2D eigenvalue weighted by Gasteiger charge is -2.36. The highest BCUT2D eigenvalue weighted by Crippen LogP contribution is 2.25. The summed E-state index contributed by atoms with van der Waals surface area (Å²) in [5, 5.41) is 0.269. The second-order valence-corrected chi connectivity index (χ2v) is 7.72. The molecule has 2 aromatic heterocycles. The van der Waals surface area contributed by atoms with Gasteiger partial charge in [0.1, 0.15) is 23.0 Å². The number of aromatic nitrogens is 3. The van der Waals surface area contributed by atoms with Crippen molar-refractivity contribution in [2.45, 2.75) is 45.5 Å². The second-order valence-electron chi connectivity index (χ2n) is 7.33. The van der Waals surface area contributed by atoms with Crippen molar-refractivity contribution in [3.05, 3.63) is 23.6 Å². The van der Waals surface area contributed by atoms with Gasteiger partial charge in [0.05, 0.1) is 18.7 Å². The summed E-state index contributed by atoms with van der Waals surface area (Å²) in [5.74, 6) is 0.288. The number of halogens is 1. The minimum Gasteiger partial charge on any atom is -0.470 e. The van der Waals surface area contributed by atoms with Crippen LogP contribution in [0, 0.1) is 0 Å². The number of rotatable bonds is 3. The van der Waals surface area contributed by atoms with Gasteiger partial charge in [-0.25, -0.2) is 9.78 Å². The molecule has 2 aromatic rings. The zero-order valence-electron chi connectivity index (χ0n) is 15.8. The van der Waals surface area contributed by atoms with Crippen molar-refractivity contribution in [3.63, 3.8) is 0 Å². The maximum absolute atomic E-state index is 12.3. The molecule has 8 nitrogen and oxygen atoms in total. The predicted octanol–water partition coefficient (Wildman–Crippen LogP) is 3.08. The summed E-state index contributed by atoms with van der Waals surface area (Å²) in [6.45, 7) is 8.61. The van der Waals surface area contributed by atoms with E-state index in [-0.39, 0.29) is 29.3 Å². The van der Waals surface area contributed by atoms with Crippen LogP contribution in [0.4, 0.5) is 4.79 Å². The van der Waals surface area contributed by atoms with Gasteiger partial charge in [0, 0.05) is 25.0 Å². The van der Waals surface area contributed by atoms with Crippen LogP contribution in [0.3, 0.4) is 0 Å². The van der Waals surface area contributed by atoms with Gasteiger partial charge in [-0.05, 0) is 27.7 Å². The summed E-state index contributed by atoms with van der Waals surface area (Å²) in [6.07, 6.45) is 2.07. The zero-order chi connectivity index (χ0) is 19.6. The smallest absolute Gasteiger partial charge is 0.410 e. The maximum atomic E-state index is 12.3. The summed E-state index contributed by atoms with van der Waals surface area (Å²) in [6, 6.07) is 1.63. The molecule has 0 saturated carbocycles. The minimum atomic E-state index is -0.546. The first-order valence-electron chi connectivity index (χ1n) is 8.76. The SMILES string of the molecule is C[C@H](Oc1nc(Cl)cc2nccnc12)[C@@H]1CN(C(=O)OC(C)(C)C)CCO1. The number of carbonyl (C=O) groups excluding carboxylic acids is 1. The average molecular weight is 395 g/mol. The molecule has 0 N–H and O–H groups in total. The van der Waals surface area contributed by atoms with Crippen molar-refractivity contribution in [3.8, 4) is 5.88 Å². The molecule has 1 aliphatic rings. The third kappa shape index (κ3) is 4.95. The number of morpholine rings is 1. The van der Waals surface area contributed by atoms with E-state index in [9.17, 15) is 4.79 Å². The lowest BCUT2D eigenvalue weighted by Crippen LogP contribution is -2.51. The molecule has 1 fully saturated rings. The van der Waals surface area contributed by atoms with Gasteiger partial charge in [-0.2, -0.15) is 4.98 Å². The van der Waals surface area contributed by atoms with E-state index in [1.54, 1.807) is 23.4 Å². The Labute approximate surface area is 162 Å². The monoisotopic (exact) mass is 394 g/mol. The summed E-state index contributed by atoms with van der Waals surface area (Å²) in [4.78, 5) is 26.7. The molecule has 0 aliphatic carbocycles. The van der Waals surface area contributed by atoms with Crippen molar-refractivity contribution in [2.75, 3.05) is 19.7 Å². The van der Waals surface area contributed by atoms with Crippen molar-refractivity contribution in [1.82, 2.24) is 19.9 Å². The minimum absolute atomic E-state index is 0.269. The van der Waals surface area contributed by atoms with E-state index in [2.05, 4.69) is 15.0 Å². The summed E-state index contributed by atoms with van der Waals surface area (Å²) in [5.41, 5.74) is 0.572. The van der Waals surface area contributed by atoms with Crippen molar-refractivity contribution >= 4 is 28.7 Å². The number of hydrogen-bond acceptors (Lipinski definition) is 7. The van der Waals surface area contributed by atoms with Crippen LogP contribution in [-0.4, -0.2) is 63.5 Å². The Bertz CT molecular complexity index is 827. The molecule has 0 aromatic carbocycles. The number of hydrogen-bond donors (Lipinski definition) is 0. The molecular weight excluding hydrogens is 372 g/mol. The first-order chi connectivity index (χ1) is 12.7. The molecule has 27 heavy (non-hydrogen) atoms. The van der Waals surface area contributed by atoms with Crippen molar-refractivity contribution < 1.29 is 19.0 Å². The molecule has 1 saturated heterocycles. The van der Waals surface area contributed by atoms with Crippen molar-refractivity contribution in [1.29, 1.82) is 0 Å². The Balaban J connectivity index is 1.71. The van der Waals surface area contributed by atoms with Gasteiger partial charge >= 0.3 is 6.09 Å². The van der Waals surface area contributed by atoms with Crippen LogP contribution in [0.2, 0.25) is 5.15 Å². The summed E-state index contributed by atoms with van der Waals surface area (Å²) < 4.78 is 17.2. The molecule has 0 bridgehead atoms. The molecule has 0 radical (unpaired) electrons. The lowest BCUT2D eigenvalue weighted by molar-refractivity contribution is -0.0782. The van der Waals surface area contributed by atoms with Gasteiger partial charge < -0.3 is 19.1 Å². The van der Waals surface area contributed by atoms with E-state index >= 15 is 0 Å². The van der Waals surface area contributed by atoms with Crippen molar-refractivity contribution in [2.24, 2.45) is 0 Å². The van der Waals surface area contributed by atoms with Crippen LogP contribution in [0.25, 0.3) is 11.0 Å². The first-order valence-corrected chi connectivity index (χ1v) is 9.14. The molecule has 0 unspecified atom stereocenters. The Kier molecular flexibility index (Phi) is 5.67. The van der Waals surface area contributed by atoms with Crippen LogP contribution >= 0.6 is 11.6 Å². The summed E-state index contributed by atoms with van der Waals surface area (Å²) >= 11 is 6.06. The Morgan fingerprint density at radius 2 is 2.11 bits per heavy atom. The molecule has 3 heterocycles. The molecule has 146 valence electrons. The molecule has 1 amide bonds. The topological polar surface area (TPSA) is 86.7 Å². The highest BCUT2D eigenvalue weighted by atomic mass is 35.5. The maximum Gasteiger partial charge on any atom is 0.410 e. The van der Waals surface area contributed by atoms with Gasteiger partial charge in [0.2, 0.25) is 5.88 Å². The fraction of sp³-hybridized carbons (Fsp3) is 0.556. The highest BCUT2D eigenvalue weighted by molar-refractivity contribution is 6.30. The molecule has 0 spiro atoms. The van der Waals surface area contributed by atoms with Crippen LogP contribution in [0.5, 0.6) is 5.88 Å². The van der Waals surface area contributed by atoms with E-state index in [1.807, 2.05) is 27.7 Å².